The predicted octanol–water partition coefficient (Wildman–Crippen LogP) is 3.82. The maximum absolute atomic E-state index is 11.5. The molecule has 126 valence electrons. The van der Waals surface area contributed by atoms with Crippen LogP contribution >= 0.6 is 0 Å². The van der Waals surface area contributed by atoms with Crippen LogP contribution in [0.2, 0.25) is 0 Å². The number of rotatable bonds is 5. The Kier molecular flexibility index (Phi) is 4.39. The summed E-state index contributed by atoms with van der Waals surface area (Å²) >= 11 is 0. The maximum Gasteiger partial charge on any atom is 0.409 e. The molecule has 0 radical (unpaired) electrons. The third-order valence-electron chi connectivity index (χ3n) is 5.26. The molecular formula is C20H24N2O2. The Morgan fingerprint density at radius 2 is 1.92 bits per heavy atom. The Hall–Kier alpha value is -2.07. The van der Waals surface area contributed by atoms with Gasteiger partial charge in [0.05, 0.1) is 6.54 Å². The van der Waals surface area contributed by atoms with Gasteiger partial charge in [0.1, 0.15) is 6.61 Å². The molecule has 2 aromatic rings. The lowest BCUT2D eigenvalue weighted by Gasteiger charge is -2.26. The number of ether oxygens (including phenoxy) is 1. The van der Waals surface area contributed by atoms with Crippen molar-refractivity contribution in [1.82, 2.24) is 9.80 Å². The first-order valence-electron chi connectivity index (χ1n) is 8.96. The van der Waals surface area contributed by atoms with Gasteiger partial charge in [-0.15, -0.1) is 0 Å². The number of carbonyl (C=O) groups is 1. The summed E-state index contributed by atoms with van der Waals surface area (Å²) in [5.74, 6) is 0. The number of carbonyl (C=O) groups excluding carboxylic acids is 1. The van der Waals surface area contributed by atoms with Gasteiger partial charge in [0, 0.05) is 19.1 Å². The third kappa shape index (κ3) is 2.98. The van der Waals surface area contributed by atoms with Crippen LogP contribution in [0.25, 0.3) is 10.8 Å². The molecule has 0 saturated carbocycles. The van der Waals surface area contributed by atoms with E-state index >= 15 is 0 Å². The van der Waals surface area contributed by atoms with Crippen LogP contribution in [-0.4, -0.2) is 48.7 Å². The summed E-state index contributed by atoms with van der Waals surface area (Å²) in [6.45, 7) is 4.28. The largest absolute Gasteiger partial charge is 0.448 e. The SMILES string of the molecule is O=C1OCCN1CCCN1CCC[C@@H]1c1cccc2ccccc12. The number of benzene rings is 2. The molecular weight excluding hydrogens is 300 g/mol. The van der Waals surface area contributed by atoms with Crippen molar-refractivity contribution in [2.24, 2.45) is 0 Å². The van der Waals surface area contributed by atoms with E-state index in [9.17, 15) is 4.79 Å². The smallest absolute Gasteiger partial charge is 0.409 e. The van der Waals surface area contributed by atoms with Gasteiger partial charge in [0.25, 0.3) is 0 Å². The van der Waals surface area contributed by atoms with E-state index in [1.54, 1.807) is 0 Å². The van der Waals surface area contributed by atoms with Gasteiger partial charge >= 0.3 is 6.09 Å². The highest BCUT2D eigenvalue weighted by molar-refractivity contribution is 5.86. The molecule has 0 spiro atoms. The first-order valence-corrected chi connectivity index (χ1v) is 8.96. The third-order valence-corrected chi connectivity index (χ3v) is 5.26. The first kappa shape index (κ1) is 15.5. The van der Waals surface area contributed by atoms with Crippen LogP contribution in [-0.2, 0) is 4.74 Å². The van der Waals surface area contributed by atoms with E-state index in [1.165, 1.54) is 29.2 Å². The molecule has 4 rings (SSSR count). The zero-order valence-electron chi connectivity index (χ0n) is 14.0. The molecule has 0 unspecified atom stereocenters. The topological polar surface area (TPSA) is 32.8 Å². The minimum Gasteiger partial charge on any atom is -0.448 e. The van der Waals surface area contributed by atoms with Crippen molar-refractivity contribution < 1.29 is 9.53 Å². The second-order valence-corrected chi connectivity index (χ2v) is 6.72. The van der Waals surface area contributed by atoms with Crippen LogP contribution in [0.4, 0.5) is 4.79 Å². The van der Waals surface area contributed by atoms with Crippen LogP contribution in [0.3, 0.4) is 0 Å². The van der Waals surface area contributed by atoms with Gasteiger partial charge in [-0.1, -0.05) is 42.5 Å². The van der Waals surface area contributed by atoms with Gasteiger partial charge in [-0.05, 0) is 42.1 Å². The van der Waals surface area contributed by atoms with Crippen molar-refractivity contribution in [2.75, 3.05) is 32.8 Å². The first-order chi connectivity index (χ1) is 11.8. The molecule has 0 aromatic heterocycles. The highest BCUT2D eigenvalue weighted by Crippen LogP contribution is 2.35. The van der Waals surface area contributed by atoms with E-state index in [2.05, 4.69) is 47.4 Å². The lowest BCUT2D eigenvalue weighted by atomic mass is 9.97. The van der Waals surface area contributed by atoms with Gasteiger partial charge in [-0.3, -0.25) is 4.90 Å². The predicted molar refractivity (Wildman–Crippen MR) is 95.0 cm³/mol. The Labute approximate surface area is 143 Å². The number of nitrogens with zero attached hydrogens (tertiary/aromatic N) is 2. The van der Waals surface area contributed by atoms with Crippen molar-refractivity contribution in [3.8, 4) is 0 Å². The number of hydrogen-bond donors (Lipinski definition) is 0. The van der Waals surface area contributed by atoms with Gasteiger partial charge in [-0.2, -0.15) is 0 Å². The molecule has 24 heavy (non-hydrogen) atoms. The molecule has 4 heteroatoms. The Balaban J connectivity index is 1.45. The van der Waals surface area contributed by atoms with E-state index in [-0.39, 0.29) is 6.09 Å². The monoisotopic (exact) mass is 324 g/mol. The number of likely N-dealkylation sites (tertiary alicyclic amines) is 1. The Morgan fingerprint density at radius 3 is 2.79 bits per heavy atom. The Bertz CT molecular complexity index is 725. The second-order valence-electron chi connectivity index (χ2n) is 6.72. The average molecular weight is 324 g/mol. The van der Waals surface area contributed by atoms with Crippen LogP contribution in [0.5, 0.6) is 0 Å². The molecule has 0 bridgehead atoms. The molecule has 1 atom stereocenters. The summed E-state index contributed by atoms with van der Waals surface area (Å²) in [4.78, 5) is 15.9. The Morgan fingerprint density at radius 1 is 1.04 bits per heavy atom. The normalized spacial score (nSPS) is 21.6. The molecule has 2 aliphatic rings. The van der Waals surface area contributed by atoms with E-state index < -0.39 is 0 Å². The van der Waals surface area contributed by atoms with Crippen molar-refractivity contribution in [2.45, 2.75) is 25.3 Å². The molecule has 1 amide bonds. The van der Waals surface area contributed by atoms with E-state index in [0.29, 0.717) is 12.6 Å². The van der Waals surface area contributed by atoms with Gasteiger partial charge in [0.2, 0.25) is 0 Å². The van der Waals surface area contributed by atoms with Crippen molar-refractivity contribution >= 4 is 16.9 Å². The van der Waals surface area contributed by atoms with Gasteiger partial charge in [0.15, 0.2) is 0 Å². The van der Waals surface area contributed by atoms with E-state index in [0.717, 1.165) is 32.6 Å². The fourth-order valence-electron chi connectivity index (χ4n) is 4.08. The van der Waals surface area contributed by atoms with Crippen LogP contribution in [0.1, 0.15) is 30.9 Å². The lowest BCUT2D eigenvalue weighted by Crippen LogP contribution is -2.30. The summed E-state index contributed by atoms with van der Waals surface area (Å²) in [5, 5.41) is 2.70. The quantitative estimate of drug-likeness (QED) is 0.838. The maximum atomic E-state index is 11.5. The lowest BCUT2D eigenvalue weighted by molar-refractivity contribution is 0.156. The van der Waals surface area contributed by atoms with Gasteiger partial charge < -0.3 is 9.64 Å². The highest BCUT2D eigenvalue weighted by atomic mass is 16.6. The highest BCUT2D eigenvalue weighted by Gasteiger charge is 2.27. The fourth-order valence-corrected chi connectivity index (χ4v) is 4.08. The average Bonchev–Trinajstić information content (AvgIpc) is 3.24. The molecule has 0 N–H and O–H groups in total. The van der Waals surface area contributed by atoms with E-state index in [4.69, 9.17) is 4.74 Å². The second kappa shape index (κ2) is 6.81. The molecule has 2 heterocycles. The van der Waals surface area contributed by atoms with Crippen molar-refractivity contribution in [1.29, 1.82) is 0 Å². The molecule has 0 aliphatic carbocycles. The molecule has 2 fully saturated rings. The minimum atomic E-state index is -0.151. The molecule has 4 nitrogen and oxygen atoms in total. The summed E-state index contributed by atoms with van der Waals surface area (Å²) in [5.41, 5.74) is 1.45. The molecule has 2 saturated heterocycles. The minimum absolute atomic E-state index is 0.151. The number of amides is 1. The van der Waals surface area contributed by atoms with Crippen LogP contribution < -0.4 is 0 Å². The fraction of sp³-hybridized carbons (Fsp3) is 0.450. The van der Waals surface area contributed by atoms with Crippen molar-refractivity contribution in [3.63, 3.8) is 0 Å². The van der Waals surface area contributed by atoms with Crippen LogP contribution in [0, 0.1) is 0 Å². The summed E-state index contributed by atoms with van der Waals surface area (Å²) < 4.78 is 5.00. The number of fused-ring (bicyclic) bond motifs is 1. The summed E-state index contributed by atoms with van der Waals surface area (Å²) in [6.07, 6.45) is 3.33. The number of cyclic esters (lactones) is 1. The molecule has 2 aliphatic heterocycles. The number of hydrogen-bond acceptors (Lipinski definition) is 3. The standard InChI is InChI=1S/C20H24N2O2/c23-20-22(14-15-24-20)13-5-12-21-11-4-10-19(21)18-9-3-7-16-6-1-2-8-17(16)18/h1-3,6-9,19H,4-5,10-15H2/t19-/m1/s1. The zero-order chi connectivity index (χ0) is 16.4. The summed E-state index contributed by atoms with van der Waals surface area (Å²) in [6, 6.07) is 15.8. The van der Waals surface area contributed by atoms with E-state index in [1.807, 2.05) is 4.90 Å². The van der Waals surface area contributed by atoms with Crippen molar-refractivity contribution in [3.05, 3.63) is 48.0 Å². The van der Waals surface area contributed by atoms with Gasteiger partial charge in [-0.25, -0.2) is 4.79 Å². The van der Waals surface area contributed by atoms with Crippen LogP contribution in [0.15, 0.2) is 42.5 Å². The molecule has 2 aromatic carbocycles. The summed E-state index contributed by atoms with van der Waals surface area (Å²) in [7, 11) is 0. The zero-order valence-corrected chi connectivity index (χ0v) is 14.0.